The lowest BCUT2D eigenvalue weighted by atomic mass is 9.92. The predicted molar refractivity (Wildman–Crippen MR) is 85.8 cm³/mol. The molecule has 1 aliphatic carbocycles. The highest BCUT2D eigenvalue weighted by Crippen LogP contribution is 2.41. The van der Waals surface area contributed by atoms with Gasteiger partial charge in [0.25, 0.3) is 0 Å². The van der Waals surface area contributed by atoms with Crippen molar-refractivity contribution in [3.8, 4) is 0 Å². The highest BCUT2D eigenvalue weighted by molar-refractivity contribution is 5.81. The number of nitrogens with one attached hydrogen (secondary N) is 1. The van der Waals surface area contributed by atoms with Gasteiger partial charge in [-0.05, 0) is 51.3 Å². The van der Waals surface area contributed by atoms with E-state index < -0.39 is 11.5 Å². The Balaban J connectivity index is 2.24. The van der Waals surface area contributed by atoms with Crippen molar-refractivity contribution in [2.75, 3.05) is 24.5 Å². The number of carboxylic acid groups (broad SMARTS) is 1. The Hall–Kier alpha value is -1.55. The first-order chi connectivity index (χ1) is 10.0. The molecule has 0 amide bonds. The minimum absolute atomic E-state index is 0.245. The summed E-state index contributed by atoms with van der Waals surface area (Å²) in [6.07, 6.45) is 2.01. The van der Waals surface area contributed by atoms with Gasteiger partial charge < -0.3 is 15.3 Å². The molecule has 4 nitrogen and oxygen atoms in total. The van der Waals surface area contributed by atoms with Crippen molar-refractivity contribution >= 4 is 11.7 Å². The third kappa shape index (κ3) is 3.38. The van der Waals surface area contributed by atoms with E-state index >= 15 is 0 Å². The van der Waals surface area contributed by atoms with Crippen molar-refractivity contribution in [3.05, 3.63) is 29.8 Å². The van der Waals surface area contributed by atoms with E-state index in [4.69, 9.17) is 0 Å². The van der Waals surface area contributed by atoms with Gasteiger partial charge >= 0.3 is 5.97 Å². The summed E-state index contributed by atoms with van der Waals surface area (Å²) in [6, 6.07) is 8.30. The lowest BCUT2D eigenvalue weighted by molar-refractivity contribution is -0.145. The van der Waals surface area contributed by atoms with Crippen LogP contribution in [-0.4, -0.2) is 36.2 Å². The fourth-order valence-electron chi connectivity index (χ4n) is 2.98. The number of aliphatic carboxylic acids is 1. The van der Waals surface area contributed by atoms with Crippen molar-refractivity contribution in [3.63, 3.8) is 0 Å². The van der Waals surface area contributed by atoms with Crippen LogP contribution in [0.4, 0.5) is 5.69 Å². The summed E-state index contributed by atoms with van der Waals surface area (Å²) in [4.78, 5) is 14.1. The maximum atomic E-state index is 11.9. The fraction of sp³-hybridized carbons (Fsp3) is 0.588. The number of benzene rings is 1. The fourth-order valence-corrected chi connectivity index (χ4v) is 2.98. The molecule has 4 heteroatoms. The first kappa shape index (κ1) is 15.8. The van der Waals surface area contributed by atoms with E-state index in [0.29, 0.717) is 13.1 Å². The Morgan fingerprint density at radius 1 is 1.33 bits per heavy atom. The third-order valence-corrected chi connectivity index (χ3v) is 4.37. The second-order valence-corrected chi connectivity index (χ2v) is 5.93. The summed E-state index contributed by atoms with van der Waals surface area (Å²) in [5, 5.41) is 13.1. The van der Waals surface area contributed by atoms with Crippen molar-refractivity contribution in [2.24, 2.45) is 5.92 Å². The first-order valence-electron chi connectivity index (χ1n) is 7.83. The molecule has 1 aromatic carbocycles. The molecule has 0 aromatic heterocycles. The average molecular weight is 290 g/mol. The molecule has 1 saturated carbocycles. The summed E-state index contributed by atoms with van der Waals surface area (Å²) in [7, 11) is 0. The standard InChI is InChI=1S/C17H26N2O2/c1-4-18-17(16(20)21,14-8-9-14)12-19(5-2)15-10-6-13(3)7-11-15/h6-7,10-11,14,18H,4-5,8-9,12H2,1-3H3,(H,20,21). The molecule has 1 aromatic rings. The normalized spacial score (nSPS) is 17.3. The number of likely N-dealkylation sites (N-methyl/N-ethyl adjacent to an activating group) is 2. The van der Waals surface area contributed by atoms with E-state index in [2.05, 4.69) is 48.3 Å². The number of anilines is 1. The minimum atomic E-state index is -0.824. The van der Waals surface area contributed by atoms with Crippen LogP contribution in [0.25, 0.3) is 0 Å². The Kier molecular flexibility index (Phi) is 4.88. The largest absolute Gasteiger partial charge is 0.480 e. The number of hydrogen-bond acceptors (Lipinski definition) is 3. The van der Waals surface area contributed by atoms with Crippen molar-refractivity contribution < 1.29 is 9.90 Å². The first-order valence-corrected chi connectivity index (χ1v) is 7.83. The van der Waals surface area contributed by atoms with E-state index in [1.165, 1.54) is 5.56 Å². The van der Waals surface area contributed by atoms with E-state index in [-0.39, 0.29) is 5.92 Å². The molecule has 0 bridgehead atoms. The summed E-state index contributed by atoms with van der Waals surface area (Å²) in [5.41, 5.74) is 1.48. The van der Waals surface area contributed by atoms with E-state index in [9.17, 15) is 9.90 Å². The van der Waals surface area contributed by atoms with E-state index in [0.717, 1.165) is 25.1 Å². The number of nitrogens with zero attached hydrogens (tertiary/aromatic N) is 1. The van der Waals surface area contributed by atoms with Crippen LogP contribution in [0.1, 0.15) is 32.3 Å². The monoisotopic (exact) mass is 290 g/mol. The summed E-state index contributed by atoms with van der Waals surface area (Å²) in [5.74, 6) is -0.480. The van der Waals surface area contributed by atoms with Gasteiger partial charge in [-0.1, -0.05) is 24.6 Å². The van der Waals surface area contributed by atoms with Gasteiger partial charge in [-0.15, -0.1) is 0 Å². The van der Waals surface area contributed by atoms with Crippen LogP contribution in [0, 0.1) is 12.8 Å². The van der Waals surface area contributed by atoms with Crippen LogP contribution in [-0.2, 0) is 4.79 Å². The van der Waals surface area contributed by atoms with Crippen molar-refractivity contribution in [1.29, 1.82) is 0 Å². The summed E-state index contributed by atoms with van der Waals surface area (Å²) in [6.45, 7) is 8.10. The molecule has 0 radical (unpaired) electrons. The molecule has 116 valence electrons. The van der Waals surface area contributed by atoms with Gasteiger partial charge in [0.15, 0.2) is 0 Å². The zero-order valence-corrected chi connectivity index (χ0v) is 13.2. The Bertz CT molecular complexity index is 482. The molecular formula is C17H26N2O2. The SMILES string of the molecule is CCNC(CN(CC)c1ccc(C)cc1)(C(=O)O)C1CC1. The van der Waals surface area contributed by atoms with Gasteiger partial charge in [0, 0.05) is 18.8 Å². The highest BCUT2D eigenvalue weighted by Gasteiger charge is 2.51. The Morgan fingerprint density at radius 3 is 2.38 bits per heavy atom. The third-order valence-electron chi connectivity index (χ3n) is 4.37. The molecule has 0 saturated heterocycles. The second kappa shape index (κ2) is 6.48. The van der Waals surface area contributed by atoms with Crippen LogP contribution in [0.3, 0.4) is 0 Å². The Morgan fingerprint density at radius 2 is 1.95 bits per heavy atom. The molecule has 0 aliphatic heterocycles. The molecule has 1 unspecified atom stereocenters. The molecule has 0 heterocycles. The quantitative estimate of drug-likeness (QED) is 0.773. The maximum absolute atomic E-state index is 11.9. The number of carboxylic acids is 1. The van der Waals surface area contributed by atoms with Crippen molar-refractivity contribution in [2.45, 2.75) is 39.2 Å². The molecule has 2 N–H and O–H groups in total. The van der Waals surface area contributed by atoms with Crippen LogP contribution in [0.15, 0.2) is 24.3 Å². The van der Waals surface area contributed by atoms with Gasteiger partial charge in [-0.3, -0.25) is 4.79 Å². The van der Waals surface area contributed by atoms with E-state index in [1.54, 1.807) is 0 Å². The average Bonchev–Trinajstić information content (AvgIpc) is 3.29. The van der Waals surface area contributed by atoms with Crippen molar-refractivity contribution in [1.82, 2.24) is 5.32 Å². The maximum Gasteiger partial charge on any atom is 0.326 e. The lowest BCUT2D eigenvalue weighted by Crippen LogP contribution is -2.61. The van der Waals surface area contributed by atoms with Crippen LogP contribution in [0.2, 0.25) is 0 Å². The highest BCUT2D eigenvalue weighted by atomic mass is 16.4. The summed E-state index contributed by atoms with van der Waals surface area (Å²) < 4.78 is 0. The molecule has 0 spiro atoms. The molecule has 1 atom stereocenters. The number of hydrogen-bond donors (Lipinski definition) is 2. The molecule has 1 fully saturated rings. The van der Waals surface area contributed by atoms with Gasteiger partial charge in [-0.2, -0.15) is 0 Å². The summed E-state index contributed by atoms with van der Waals surface area (Å²) >= 11 is 0. The van der Waals surface area contributed by atoms with Gasteiger partial charge in [0.1, 0.15) is 5.54 Å². The van der Waals surface area contributed by atoms with Gasteiger partial charge in [0.05, 0.1) is 0 Å². The molecule has 21 heavy (non-hydrogen) atoms. The smallest absolute Gasteiger partial charge is 0.326 e. The second-order valence-electron chi connectivity index (χ2n) is 5.93. The van der Waals surface area contributed by atoms with Gasteiger partial charge in [0.2, 0.25) is 0 Å². The molecular weight excluding hydrogens is 264 g/mol. The predicted octanol–water partition coefficient (Wildman–Crippen LogP) is 2.66. The number of rotatable bonds is 8. The van der Waals surface area contributed by atoms with Gasteiger partial charge in [-0.25, -0.2) is 0 Å². The molecule has 2 rings (SSSR count). The zero-order valence-electron chi connectivity index (χ0n) is 13.2. The van der Waals surface area contributed by atoms with Crippen LogP contribution < -0.4 is 10.2 Å². The lowest BCUT2D eigenvalue weighted by Gasteiger charge is -2.37. The number of carbonyl (C=O) groups is 1. The zero-order chi connectivity index (χ0) is 15.5. The van der Waals surface area contributed by atoms with E-state index in [1.807, 2.05) is 6.92 Å². The molecule has 1 aliphatic rings. The minimum Gasteiger partial charge on any atom is -0.480 e. The van der Waals surface area contributed by atoms with Crippen LogP contribution >= 0.6 is 0 Å². The van der Waals surface area contributed by atoms with Crippen LogP contribution in [0.5, 0.6) is 0 Å². The Labute approximate surface area is 127 Å². The number of aryl methyl sites for hydroxylation is 1. The topological polar surface area (TPSA) is 52.6 Å².